The first-order valence-corrected chi connectivity index (χ1v) is 11.6. The van der Waals surface area contributed by atoms with Crippen LogP contribution in [0.25, 0.3) is 15.6 Å². The number of aromatic amines is 1. The Kier molecular flexibility index (Phi) is 5.20. The minimum Gasteiger partial charge on any atom is -0.492 e. The Morgan fingerprint density at radius 1 is 1.36 bits per heavy atom. The van der Waals surface area contributed by atoms with Crippen molar-refractivity contribution < 1.29 is 14.0 Å². The Morgan fingerprint density at radius 2 is 2.09 bits per heavy atom. The lowest BCUT2D eigenvalue weighted by atomic mass is 9.77. The van der Waals surface area contributed by atoms with Gasteiger partial charge in [-0.05, 0) is 25.7 Å². The molecule has 0 atom stereocenters. The second-order valence-corrected chi connectivity index (χ2v) is 9.72. The Morgan fingerprint density at radius 3 is 2.67 bits per heavy atom. The van der Waals surface area contributed by atoms with Gasteiger partial charge in [-0.2, -0.15) is 0 Å². The first kappa shape index (κ1) is 21.9. The number of hydrogen-bond acceptors (Lipinski definition) is 8. The average Bonchev–Trinajstić information content (AvgIpc) is 3.52. The summed E-state index contributed by atoms with van der Waals surface area (Å²) in [6.45, 7) is 3.77. The highest BCUT2D eigenvalue weighted by Gasteiger charge is 2.42. The van der Waals surface area contributed by atoms with Crippen LogP contribution in [-0.2, 0) is 4.84 Å². The van der Waals surface area contributed by atoms with E-state index in [9.17, 15) is 9.59 Å². The number of aromatic nitrogens is 2. The van der Waals surface area contributed by atoms with E-state index in [0.717, 1.165) is 35.6 Å². The van der Waals surface area contributed by atoms with Crippen molar-refractivity contribution in [2.24, 2.45) is 10.6 Å². The van der Waals surface area contributed by atoms with Gasteiger partial charge in [0.15, 0.2) is 11.6 Å². The van der Waals surface area contributed by atoms with E-state index in [4.69, 9.17) is 9.57 Å². The number of nitrogens with zero attached hydrogens (tertiary/aromatic N) is 3. The maximum absolute atomic E-state index is 15.6. The average molecular weight is 476 g/mol. The minimum absolute atomic E-state index is 0.0767. The molecule has 1 aliphatic carbocycles. The smallest absolute Gasteiger partial charge is 0.271 e. The summed E-state index contributed by atoms with van der Waals surface area (Å²) in [4.78, 5) is 32.3. The van der Waals surface area contributed by atoms with Gasteiger partial charge in [0.25, 0.3) is 11.1 Å². The van der Waals surface area contributed by atoms with Crippen molar-refractivity contribution in [3.8, 4) is 5.75 Å². The van der Waals surface area contributed by atoms with Crippen LogP contribution in [0.4, 0.5) is 10.1 Å². The van der Waals surface area contributed by atoms with Gasteiger partial charge in [-0.15, -0.1) is 0 Å². The Labute approximate surface area is 192 Å². The molecule has 0 radical (unpaired) electrons. The molecule has 0 unspecified atom stereocenters. The SMILES string of the molecule is CO/N=C(\C)C1(CN(C)c2c(F)cn3c(=O)c4c(=O)[nH]sc4c(C4CC4)c3c2OC)CNC1. The van der Waals surface area contributed by atoms with Crippen LogP contribution in [0.1, 0.15) is 31.2 Å². The fourth-order valence-electron chi connectivity index (χ4n) is 4.87. The summed E-state index contributed by atoms with van der Waals surface area (Å²) in [5.41, 5.74) is 1.21. The molecule has 1 aliphatic heterocycles. The fourth-order valence-corrected chi connectivity index (χ4v) is 5.82. The number of pyridine rings is 2. The highest BCUT2D eigenvalue weighted by Crippen LogP contribution is 2.49. The van der Waals surface area contributed by atoms with Crippen molar-refractivity contribution in [2.75, 3.05) is 45.8 Å². The molecular weight excluding hydrogens is 449 g/mol. The lowest BCUT2D eigenvalue weighted by molar-refractivity contribution is 0.196. The molecule has 0 spiro atoms. The third-order valence-corrected chi connectivity index (χ3v) is 7.72. The lowest BCUT2D eigenvalue weighted by Gasteiger charge is -2.45. The standard InChI is InChI=1S/C22H26FN5O4S/c1-11(25-32-4)22(8-24-9-22)10-27(2)16-13(23)7-28-17(18(16)31-3)14(12-5-6-12)19-15(21(28)30)20(29)26-33-19/h7,12,24H,5-6,8-10H2,1-4H3,(H,26,29)/b25-11+. The van der Waals surface area contributed by atoms with E-state index in [-0.39, 0.29) is 22.4 Å². The van der Waals surface area contributed by atoms with Crippen LogP contribution in [0.3, 0.4) is 0 Å². The van der Waals surface area contributed by atoms with Crippen LogP contribution in [-0.4, -0.2) is 55.4 Å². The minimum atomic E-state index is -0.597. The summed E-state index contributed by atoms with van der Waals surface area (Å²) in [5.74, 6) is -0.103. The number of nitrogens with one attached hydrogen (secondary N) is 2. The second kappa shape index (κ2) is 7.84. The number of oxime groups is 1. The summed E-state index contributed by atoms with van der Waals surface area (Å²) in [7, 11) is 4.79. The number of halogens is 1. The van der Waals surface area contributed by atoms with Gasteiger partial charge in [-0.3, -0.25) is 18.4 Å². The molecule has 2 fully saturated rings. The molecule has 11 heteroatoms. The first-order chi connectivity index (χ1) is 15.8. The van der Waals surface area contributed by atoms with Gasteiger partial charge in [-0.25, -0.2) is 4.39 Å². The van der Waals surface area contributed by atoms with Crippen molar-refractivity contribution in [2.45, 2.75) is 25.7 Å². The maximum atomic E-state index is 15.6. The molecule has 9 nitrogen and oxygen atoms in total. The summed E-state index contributed by atoms with van der Waals surface area (Å²) in [5, 5.41) is 7.47. The van der Waals surface area contributed by atoms with Gasteiger partial charge < -0.3 is 19.8 Å². The second-order valence-electron chi connectivity index (χ2n) is 8.91. The summed E-state index contributed by atoms with van der Waals surface area (Å²) in [6.07, 6.45) is 3.07. The van der Waals surface area contributed by atoms with Crippen molar-refractivity contribution in [1.29, 1.82) is 0 Å². The molecule has 2 N–H and O–H groups in total. The quantitative estimate of drug-likeness (QED) is 0.402. The first-order valence-electron chi connectivity index (χ1n) is 10.8. The van der Waals surface area contributed by atoms with E-state index in [2.05, 4.69) is 14.8 Å². The summed E-state index contributed by atoms with van der Waals surface area (Å²) in [6, 6.07) is 0. The van der Waals surface area contributed by atoms with Gasteiger partial charge in [0.05, 0.1) is 34.6 Å². The molecule has 5 rings (SSSR count). The van der Waals surface area contributed by atoms with Crippen LogP contribution in [0, 0.1) is 11.2 Å². The highest BCUT2D eigenvalue weighted by atomic mass is 32.1. The summed E-state index contributed by atoms with van der Waals surface area (Å²) < 4.78 is 25.9. The zero-order valence-electron chi connectivity index (χ0n) is 19.0. The molecule has 1 saturated heterocycles. The number of methoxy groups -OCH3 is 1. The predicted molar refractivity (Wildman–Crippen MR) is 127 cm³/mol. The molecule has 2 aliphatic rings. The van der Waals surface area contributed by atoms with Crippen LogP contribution >= 0.6 is 11.5 Å². The van der Waals surface area contributed by atoms with Crippen LogP contribution in [0.15, 0.2) is 20.9 Å². The van der Waals surface area contributed by atoms with Gasteiger partial charge >= 0.3 is 0 Å². The van der Waals surface area contributed by atoms with E-state index in [1.54, 1.807) is 7.05 Å². The molecule has 33 heavy (non-hydrogen) atoms. The van der Waals surface area contributed by atoms with Gasteiger partial charge in [0, 0.05) is 32.2 Å². The largest absolute Gasteiger partial charge is 0.492 e. The topological polar surface area (TPSA) is 100 Å². The Hall–Kier alpha value is -2.92. The summed E-state index contributed by atoms with van der Waals surface area (Å²) >= 11 is 1.16. The van der Waals surface area contributed by atoms with E-state index >= 15 is 4.39 Å². The number of H-pyrrole nitrogens is 1. The van der Waals surface area contributed by atoms with E-state index in [0.29, 0.717) is 35.6 Å². The zero-order valence-corrected chi connectivity index (χ0v) is 19.8. The molecule has 3 aromatic rings. The van der Waals surface area contributed by atoms with Crippen LogP contribution in [0.2, 0.25) is 0 Å². The molecular formula is C22H26FN5O4S. The number of anilines is 1. The molecule has 1 saturated carbocycles. The van der Waals surface area contributed by atoms with Crippen molar-refractivity contribution in [3.63, 3.8) is 0 Å². The van der Waals surface area contributed by atoms with Gasteiger partial charge in [0.1, 0.15) is 18.2 Å². The number of rotatable bonds is 7. The fraction of sp³-hybridized carbons (Fsp3) is 0.500. The predicted octanol–water partition coefficient (Wildman–Crippen LogP) is 2.28. The third-order valence-electron chi connectivity index (χ3n) is 6.81. The molecule has 176 valence electrons. The van der Waals surface area contributed by atoms with E-state index < -0.39 is 16.9 Å². The van der Waals surface area contributed by atoms with E-state index in [1.165, 1.54) is 24.8 Å². The Bertz CT molecular complexity index is 1400. The molecule has 0 bridgehead atoms. The number of hydrogen-bond donors (Lipinski definition) is 2. The maximum Gasteiger partial charge on any atom is 0.271 e. The normalized spacial score (nSPS) is 17.9. The Balaban J connectivity index is 1.74. The molecule has 0 aromatic carbocycles. The molecule has 3 aromatic heterocycles. The molecule has 0 amide bonds. The van der Waals surface area contributed by atoms with Crippen molar-refractivity contribution in [3.05, 3.63) is 38.3 Å². The monoisotopic (exact) mass is 475 g/mol. The highest BCUT2D eigenvalue weighted by molar-refractivity contribution is 7.13. The zero-order chi connectivity index (χ0) is 23.5. The molecule has 4 heterocycles. The van der Waals surface area contributed by atoms with Crippen LogP contribution < -0.4 is 26.1 Å². The number of ether oxygens (including phenoxy) is 1. The third kappa shape index (κ3) is 3.24. The lowest BCUT2D eigenvalue weighted by Crippen LogP contribution is -2.62. The van der Waals surface area contributed by atoms with Crippen molar-refractivity contribution in [1.82, 2.24) is 14.1 Å². The van der Waals surface area contributed by atoms with Gasteiger partial charge in [-0.1, -0.05) is 16.7 Å². The van der Waals surface area contributed by atoms with Crippen LogP contribution in [0.5, 0.6) is 5.75 Å². The van der Waals surface area contributed by atoms with E-state index in [1.807, 2.05) is 11.8 Å². The van der Waals surface area contributed by atoms with Gasteiger partial charge in [0.2, 0.25) is 0 Å². The van der Waals surface area contributed by atoms with Crippen molar-refractivity contribution >= 4 is 38.5 Å². The number of fused-ring (bicyclic) bond motifs is 2.